The average molecular weight is 639 g/mol. The zero-order valence-corrected chi connectivity index (χ0v) is 27.3. The summed E-state index contributed by atoms with van der Waals surface area (Å²) < 4.78 is 32.0. The summed E-state index contributed by atoms with van der Waals surface area (Å²) in [5, 5.41) is 3.15. The Hall–Kier alpha value is -3.67. The quantitative estimate of drug-likeness (QED) is 0.474. The lowest BCUT2D eigenvalue weighted by atomic mass is 9.96. The Labute approximate surface area is 270 Å². The number of halogens is 1. The fourth-order valence-corrected chi connectivity index (χ4v) is 7.05. The number of nitrogens with one attached hydrogen (secondary N) is 1. The Morgan fingerprint density at radius 2 is 1.80 bits per heavy atom. The van der Waals surface area contributed by atoms with Gasteiger partial charge in [-0.1, -0.05) is 30.3 Å². The van der Waals surface area contributed by atoms with E-state index in [9.17, 15) is 14.0 Å². The minimum atomic E-state index is -0.916. The molecule has 1 N–H and O–H groups in total. The van der Waals surface area contributed by atoms with Gasteiger partial charge in [-0.3, -0.25) is 4.90 Å². The summed E-state index contributed by atoms with van der Waals surface area (Å²) in [4.78, 5) is 41.8. The van der Waals surface area contributed by atoms with Gasteiger partial charge in [0.25, 0.3) is 0 Å². The van der Waals surface area contributed by atoms with Crippen LogP contribution in [0.2, 0.25) is 0 Å². The molecule has 0 spiro atoms. The van der Waals surface area contributed by atoms with E-state index in [1.807, 2.05) is 56.0 Å². The second kappa shape index (κ2) is 14.0. The highest BCUT2D eigenvalue weighted by Crippen LogP contribution is 2.37. The molecular weight excluding hydrogens is 591 g/mol. The number of anilines is 1. The van der Waals surface area contributed by atoms with Gasteiger partial charge in [0.05, 0.1) is 30.9 Å². The topological polar surface area (TPSA) is 109 Å². The molecule has 0 saturated carbocycles. The van der Waals surface area contributed by atoms with E-state index in [1.54, 1.807) is 4.90 Å². The Morgan fingerprint density at radius 1 is 1.04 bits per heavy atom. The van der Waals surface area contributed by atoms with Crippen molar-refractivity contribution in [2.45, 2.75) is 96.3 Å². The lowest BCUT2D eigenvalue weighted by Gasteiger charge is -2.42. The van der Waals surface area contributed by atoms with Gasteiger partial charge in [-0.05, 0) is 77.3 Å². The van der Waals surface area contributed by atoms with Gasteiger partial charge in [-0.15, -0.1) is 0 Å². The van der Waals surface area contributed by atoms with Crippen LogP contribution >= 0.6 is 0 Å². The molecule has 4 aliphatic rings. The number of alkyl halides is 1. The maximum absolute atomic E-state index is 14.4. The molecule has 3 saturated heterocycles. The smallest absolute Gasteiger partial charge is 0.410 e. The number of aromatic nitrogens is 2. The summed E-state index contributed by atoms with van der Waals surface area (Å²) in [6, 6.07) is 9.89. The van der Waals surface area contributed by atoms with E-state index in [2.05, 4.69) is 10.2 Å². The molecule has 1 aromatic heterocycles. The number of rotatable bonds is 6. The number of amides is 2. The fraction of sp³-hybridized carbons (Fsp3) is 0.647. The van der Waals surface area contributed by atoms with Crippen molar-refractivity contribution in [3.63, 3.8) is 0 Å². The number of carbonyl (C=O) groups excluding carboxylic acids is 2. The molecule has 0 radical (unpaired) electrons. The van der Waals surface area contributed by atoms with Crippen LogP contribution in [0.1, 0.15) is 69.7 Å². The first-order chi connectivity index (χ1) is 22.1. The van der Waals surface area contributed by atoms with Gasteiger partial charge in [0.15, 0.2) is 0 Å². The van der Waals surface area contributed by atoms with Crippen LogP contribution in [-0.4, -0.2) is 95.1 Å². The molecule has 11 nitrogen and oxygen atoms in total. The molecule has 4 atom stereocenters. The van der Waals surface area contributed by atoms with Gasteiger partial charge in [0.1, 0.15) is 24.2 Å². The number of fused-ring (bicyclic) bond motifs is 3. The number of hydrogen-bond acceptors (Lipinski definition) is 9. The van der Waals surface area contributed by atoms with E-state index in [0.717, 1.165) is 54.9 Å². The molecule has 2 unspecified atom stereocenters. The molecule has 12 heteroatoms. The lowest BCUT2D eigenvalue weighted by molar-refractivity contribution is 0.0122. The first-order valence-corrected chi connectivity index (χ1v) is 16.7. The van der Waals surface area contributed by atoms with E-state index in [0.29, 0.717) is 45.6 Å². The second-order valence-corrected chi connectivity index (χ2v) is 14.0. The molecule has 4 aliphatic heterocycles. The summed E-state index contributed by atoms with van der Waals surface area (Å²) in [5.74, 6) is 0.862. The standard InChI is InChI=1S/C34H47FN6O5/c1-34(2,3)46-33(43)41-26-11-12-27(41)19-40(18-26)30-28-13-15-39(32(42)45-21-23-8-5-4-6-9-23)20-29(28)37-31(38-30)44-22-24-10-7-14-36-17-25(35)16-24/h4-6,8-9,24-27,36H,7,10-22H2,1-3H3/t24-,25-,26?,27?/m1/s1. The molecule has 1 aromatic carbocycles. The summed E-state index contributed by atoms with van der Waals surface area (Å²) >= 11 is 0. The highest BCUT2D eigenvalue weighted by Gasteiger charge is 2.45. The van der Waals surface area contributed by atoms with Gasteiger partial charge < -0.3 is 29.3 Å². The third-order valence-corrected chi connectivity index (χ3v) is 9.24. The molecule has 3 fully saturated rings. The zero-order valence-electron chi connectivity index (χ0n) is 27.3. The molecule has 2 amide bonds. The third kappa shape index (κ3) is 7.82. The van der Waals surface area contributed by atoms with Gasteiger partial charge >= 0.3 is 18.2 Å². The predicted molar refractivity (Wildman–Crippen MR) is 170 cm³/mol. The average Bonchev–Trinajstić information content (AvgIpc) is 3.29. The van der Waals surface area contributed by atoms with Crippen LogP contribution in [0, 0.1) is 5.92 Å². The number of nitrogens with zero attached hydrogens (tertiary/aromatic N) is 5. The van der Waals surface area contributed by atoms with Crippen LogP contribution in [0.25, 0.3) is 0 Å². The maximum Gasteiger partial charge on any atom is 0.410 e. The van der Waals surface area contributed by atoms with E-state index in [4.69, 9.17) is 24.2 Å². The minimum Gasteiger partial charge on any atom is -0.463 e. The summed E-state index contributed by atoms with van der Waals surface area (Å²) in [7, 11) is 0. The van der Waals surface area contributed by atoms with Gasteiger partial charge in [-0.25, -0.2) is 14.0 Å². The van der Waals surface area contributed by atoms with Crippen LogP contribution in [-0.2, 0) is 29.0 Å². The van der Waals surface area contributed by atoms with Gasteiger partial charge in [0.2, 0.25) is 0 Å². The summed E-state index contributed by atoms with van der Waals surface area (Å²) in [6.07, 6.45) is 3.06. The van der Waals surface area contributed by atoms with E-state index in [1.165, 1.54) is 0 Å². The Morgan fingerprint density at radius 3 is 2.54 bits per heavy atom. The molecule has 46 heavy (non-hydrogen) atoms. The van der Waals surface area contributed by atoms with Gasteiger partial charge in [0, 0.05) is 31.7 Å². The highest BCUT2D eigenvalue weighted by atomic mass is 19.1. The van der Waals surface area contributed by atoms with Crippen molar-refractivity contribution >= 4 is 18.0 Å². The monoisotopic (exact) mass is 638 g/mol. The molecule has 2 bridgehead atoms. The van der Waals surface area contributed by atoms with E-state index in [-0.39, 0.29) is 43.3 Å². The highest BCUT2D eigenvalue weighted by molar-refractivity contribution is 5.71. The van der Waals surface area contributed by atoms with Crippen LogP contribution in [0.15, 0.2) is 30.3 Å². The maximum atomic E-state index is 14.4. The number of piperazine rings is 1. The molecule has 2 aromatic rings. The van der Waals surface area contributed by atoms with Crippen molar-refractivity contribution < 1.29 is 28.2 Å². The Bertz CT molecular complexity index is 1360. The van der Waals surface area contributed by atoms with E-state index >= 15 is 0 Å². The number of hydrogen-bond donors (Lipinski definition) is 1. The van der Waals surface area contributed by atoms with Crippen LogP contribution < -0.4 is 15.0 Å². The van der Waals surface area contributed by atoms with Crippen molar-refractivity contribution in [1.29, 1.82) is 0 Å². The fourth-order valence-electron chi connectivity index (χ4n) is 7.05. The number of carbonyl (C=O) groups is 2. The first kappa shape index (κ1) is 32.3. The predicted octanol–water partition coefficient (Wildman–Crippen LogP) is 4.87. The van der Waals surface area contributed by atoms with Crippen LogP contribution in [0.5, 0.6) is 6.01 Å². The number of benzene rings is 1. The zero-order chi connectivity index (χ0) is 32.3. The molecular formula is C34H47FN6O5. The summed E-state index contributed by atoms with van der Waals surface area (Å²) in [5.41, 5.74) is 2.09. The minimum absolute atomic E-state index is 0.0154. The van der Waals surface area contributed by atoms with Crippen molar-refractivity contribution in [2.24, 2.45) is 5.92 Å². The normalized spacial score (nSPS) is 24.9. The largest absolute Gasteiger partial charge is 0.463 e. The Kier molecular flexibility index (Phi) is 9.81. The van der Waals surface area contributed by atoms with Crippen LogP contribution in [0.3, 0.4) is 0 Å². The first-order valence-electron chi connectivity index (χ1n) is 16.7. The second-order valence-electron chi connectivity index (χ2n) is 14.0. The SMILES string of the molecule is CC(C)(C)OC(=O)N1C2CCC1CN(c1nc(OC[C@@H]3CCCNC[C@H](F)C3)nc3c1CCN(C(=O)OCc1ccccc1)C3)C2. The Balaban J connectivity index is 1.21. The lowest BCUT2D eigenvalue weighted by Crippen LogP contribution is -2.57. The van der Waals surface area contributed by atoms with Crippen molar-refractivity contribution in [2.75, 3.05) is 44.2 Å². The van der Waals surface area contributed by atoms with Crippen LogP contribution in [0.4, 0.5) is 19.8 Å². The summed E-state index contributed by atoms with van der Waals surface area (Å²) in [6.45, 7) is 9.37. The van der Waals surface area contributed by atoms with Crippen molar-refractivity contribution in [3.8, 4) is 6.01 Å². The molecule has 0 aliphatic carbocycles. The van der Waals surface area contributed by atoms with E-state index < -0.39 is 17.9 Å². The van der Waals surface area contributed by atoms with Gasteiger partial charge in [-0.2, -0.15) is 9.97 Å². The molecule has 250 valence electrons. The van der Waals surface area contributed by atoms with Crippen molar-refractivity contribution in [3.05, 3.63) is 47.2 Å². The molecule has 6 rings (SSSR count). The van der Waals surface area contributed by atoms with Crippen molar-refractivity contribution in [1.82, 2.24) is 25.1 Å². The number of ether oxygens (including phenoxy) is 3. The third-order valence-electron chi connectivity index (χ3n) is 9.24. The molecule has 5 heterocycles.